The molecule has 1 unspecified atom stereocenters. The van der Waals surface area contributed by atoms with Crippen LogP contribution >= 0.6 is 0 Å². The third-order valence-corrected chi connectivity index (χ3v) is 3.22. The lowest BCUT2D eigenvalue weighted by Crippen LogP contribution is -2.26. The summed E-state index contributed by atoms with van der Waals surface area (Å²) in [5, 5.41) is 0. The molecule has 0 spiro atoms. The summed E-state index contributed by atoms with van der Waals surface area (Å²) in [6.07, 6.45) is 6.57. The van der Waals surface area contributed by atoms with Crippen LogP contribution in [0.4, 0.5) is 0 Å². The summed E-state index contributed by atoms with van der Waals surface area (Å²) in [4.78, 5) is 13.5. The predicted molar refractivity (Wildman–Crippen MR) is 53.0 cm³/mol. The van der Waals surface area contributed by atoms with E-state index in [0.29, 0.717) is 5.41 Å². The normalized spacial score (nSPS) is 29.8. The average Bonchev–Trinajstić information content (AvgIpc) is 2.07. The first-order chi connectivity index (χ1) is 6.06. The van der Waals surface area contributed by atoms with Crippen molar-refractivity contribution < 1.29 is 4.79 Å². The van der Waals surface area contributed by atoms with E-state index in [1.165, 1.54) is 12.0 Å². The van der Waals surface area contributed by atoms with Gasteiger partial charge >= 0.3 is 0 Å². The van der Waals surface area contributed by atoms with Gasteiger partial charge in [-0.25, -0.2) is 4.79 Å². The second-order valence-corrected chi connectivity index (χ2v) is 4.61. The fourth-order valence-electron chi connectivity index (χ4n) is 1.87. The van der Waals surface area contributed by atoms with Gasteiger partial charge in [-0.1, -0.05) is 26.3 Å². The van der Waals surface area contributed by atoms with Crippen molar-refractivity contribution in [3.8, 4) is 0 Å². The number of nitrogens with zero attached hydrogens (tertiary/aromatic N) is 1. The minimum Gasteiger partial charge on any atom is -0.211 e. The maximum atomic E-state index is 9.94. The van der Waals surface area contributed by atoms with Gasteiger partial charge in [-0.3, -0.25) is 0 Å². The standard InChI is InChI=1S/C11H17NO/c1-9-4-5-10(7-12-8-13)6-11(9,2)3/h7,9H,4-6H2,1-3H3. The smallest absolute Gasteiger partial charge is 0.211 e. The summed E-state index contributed by atoms with van der Waals surface area (Å²) in [6.45, 7) is 6.84. The van der Waals surface area contributed by atoms with Crippen LogP contribution in [0.5, 0.6) is 0 Å². The highest BCUT2D eigenvalue weighted by atomic mass is 16.1. The van der Waals surface area contributed by atoms with Crippen molar-refractivity contribution in [2.24, 2.45) is 16.3 Å². The molecule has 1 rings (SSSR count). The summed E-state index contributed by atoms with van der Waals surface area (Å²) in [7, 11) is 0. The van der Waals surface area contributed by atoms with Gasteiger partial charge in [0, 0.05) is 6.20 Å². The van der Waals surface area contributed by atoms with Crippen molar-refractivity contribution in [3.63, 3.8) is 0 Å². The summed E-state index contributed by atoms with van der Waals surface area (Å²) >= 11 is 0. The van der Waals surface area contributed by atoms with Gasteiger partial charge in [-0.15, -0.1) is 0 Å². The van der Waals surface area contributed by atoms with Crippen LogP contribution in [0.1, 0.15) is 40.0 Å². The Bertz CT molecular complexity index is 259. The van der Waals surface area contributed by atoms with E-state index >= 15 is 0 Å². The molecule has 0 aromatic heterocycles. The SMILES string of the molecule is CC1CCC(=CN=C=O)CC1(C)C. The van der Waals surface area contributed by atoms with Gasteiger partial charge in [0.2, 0.25) is 6.08 Å². The molecule has 1 saturated carbocycles. The van der Waals surface area contributed by atoms with E-state index in [0.717, 1.165) is 18.8 Å². The van der Waals surface area contributed by atoms with Crippen LogP contribution < -0.4 is 0 Å². The maximum Gasteiger partial charge on any atom is 0.239 e. The van der Waals surface area contributed by atoms with Gasteiger partial charge in [0.05, 0.1) is 0 Å². The van der Waals surface area contributed by atoms with E-state index in [1.807, 2.05) is 0 Å². The topological polar surface area (TPSA) is 29.4 Å². The highest BCUT2D eigenvalue weighted by Gasteiger charge is 2.30. The Morgan fingerprint density at radius 3 is 2.85 bits per heavy atom. The minimum atomic E-state index is 0.350. The van der Waals surface area contributed by atoms with E-state index in [9.17, 15) is 4.79 Å². The Morgan fingerprint density at radius 2 is 2.31 bits per heavy atom. The zero-order valence-corrected chi connectivity index (χ0v) is 8.63. The molecule has 2 nitrogen and oxygen atoms in total. The van der Waals surface area contributed by atoms with Gasteiger partial charge in [-0.05, 0) is 30.6 Å². The first-order valence-electron chi connectivity index (χ1n) is 4.81. The molecule has 0 heterocycles. The fraction of sp³-hybridized carbons (Fsp3) is 0.727. The molecule has 0 aliphatic heterocycles. The molecule has 1 atom stereocenters. The molecule has 0 aromatic rings. The van der Waals surface area contributed by atoms with Gasteiger partial charge < -0.3 is 0 Å². The lowest BCUT2D eigenvalue weighted by molar-refractivity contribution is 0.188. The van der Waals surface area contributed by atoms with Crippen LogP contribution in [0, 0.1) is 11.3 Å². The highest BCUT2D eigenvalue weighted by Crippen LogP contribution is 2.42. The van der Waals surface area contributed by atoms with Crippen LogP contribution in [0.2, 0.25) is 0 Å². The zero-order valence-electron chi connectivity index (χ0n) is 8.63. The second-order valence-electron chi connectivity index (χ2n) is 4.61. The quantitative estimate of drug-likeness (QED) is 0.449. The molecule has 2 heteroatoms. The number of hydrogen-bond donors (Lipinski definition) is 0. The van der Waals surface area contributed by atoms with Crippen LogP contribution in [-0.4, -0.2) is 6.08 Å². The lowest BCUT2D eigenvalue weighted by atomic mass is 9.68. The zero-order chi connectivity index (χ0) is 9.90. The molecule has 13 heavy (non-hydrogen) atoms. The molecule has 0 aromatic carbocycles. The average molecular weight is 179 g/mol. The van der Waals surface area contributed by atoms with Crippen LogP contribution in [-0.2, 0) is 4.79 Å². The Kier molecular flexibility index (Phi) is 3.05. The van der Waals surface area contributed by atoms with E-state index in [1.54, 1.807) is 12.3 Å². The summed E-state index contributed by atoms with van der Waals surface area (Å²) in [6, 6.07) is 0. The number of rotatable bonds is 1. The Labute approximate surface area is 79.8 Å². The van der Waals surface area contributed by atoms with Crippen molar-refractivity contribution >= 4 is 6.08 Å². The summed E-state index contributed by atoms with van der Waals surface area (Å²) < 4.78 is 0. The molecule has 0 N–H and O–H groups in total. The number of hydrogen-bond acceptors (Lipinski definition) is 2. The molecule has 1 fully saturated rings. The largest absolute Gasteiger partial charge is 0.239 e. The van der Waals surface area contributed by atoms with Crippen molar-refractivity contribution in [1.29, 1.82) is 0 Å². The van der Waals surface area contributed by atoms with Crippen molar-refractivity contribution in [3.05, 3.63) is 11.8 Å². The second kappa shape index (κ2) is 3.89. The molecule has 0 amide bonds. The Balaban J connectivity index is 2.71. The van der Waals surface area contributed by atoms with E-state index in [4.69, 9.17) is 0 Å². The minimum absolute atomic E-state index is 0.350. The highest BCUT2D eigenvalue weighted by molar-refractivity contribution is 5.35. The van der Waals surface area contributed by atoms with E-state index in [-0.39, 0.29) is 0 Å². The number of carbonyl (C=O) groups excluding carboxylic acids is 1. The van der Waals surface area contributed by atoms with Crippen LogP contribution in [0.15, 0.2) is 16.8 Å². The summed E-state index contributed by atoms with van der Waals surface area (Å²) in [5.41, 5.74) is 1.63. The monoisotopic (exact) mass is 179 g/mol. The van der Waals surface area contributed by atoms with Gasteiger partial charge in [-0.2, -0.15) is 4.99 Å². The van der Waals surface area contributed by atoms with Gasteiger partial charge in [0.15, 0.2) is 0 Å². The molecule has 0 bridgehead atoms. The number of allylic oxidation sites excluding steroid dienone is 1. The molecule has 0 saturated heterocycles. The molecular weight excluding hydrogens is 162 g/mol. The Morgan fingerprint density at radius 1 is 1.62 bits per heavy atom. The van der Waals surface area contributed by atoms with Crippen LogP contribution in [0.25, 0.3) is 0 Å². The van der Waals surface area contributed by atoms with Gasteiger partial charge in [0.1, 0.15) is 0 Å². The van der Waals surface area contributed by atoms with Gasteiger partial charge in [0.25, 0.3) is 0 Å². The molecule has 1 aliphatic rings. The number of isocyanates is 1. The molecule has 72 valence electrons. The Hall–Kier alpha value is -0.880. The van der Waals surface area contributed by atoms with E-state index in [2.05, 4.69) is 25.8 Å². The van der Waals surface area contributed by atoms with Crippen LogP contribution in [0.3, 0.4) is 0 Å². The summed E-state index contributed by atoms with van der Waals surface area (Å²) in [5.74, 6) is 0.755. The first-order valence-corrected chi connectivity index (χ1v) is 4.81. The third-order valence-electron chi connectivity index (χ3n) is 3.22. The number of aliphatic imine (C=N–C) groups is 1. The molecule has 1 aliphatic carbocycles. The van der Waals surface area contributed by atoms with Crippen molar-refractivity contribution in [2.45, 2.75) is 40.0 Å². The third kappa shape index (κ3) is 2.53. The van der Waals surface area contributed by atoms with E-state index < -0.39 is 0 Å². The lowest BCUT2D eigenvalue weighted by Gasteiger charge is -2.37. The predicted octanol–water partition coefficient (Wildman–Crippen LogP) is 3.05. The maximum absolute atomic E-state index is 9.94. The molecule has 0 radical (unpaired) electrons. The fourth-order valence-corrected chi connectivity index (χ4v) is 1.87. The van der Waals surface area contributed by atoms with Crippen molar-refractivity contribution in [1.82, 2.24) is 0 Å². The van der Waals surface area contributed by atoms with Crippen molar-refractivity contribution in [2.75, 3.05) is 0 Å². The molecular formula is C11H17NO. The first kappa shape index (κ1) is 10.2.